The van der Waals surface area contributed by atoms with Crippen LogP contribution in [-0.2, 0) is 25.7 Å². The molecule has 3 aliphatic carbocycles. The average molecular weight is 843 g/mol. The summed E-state index contributed by atoms with van der Waals surface area (Å²) < 4.78 is 2.57. The zero-order valence-electron chi connectivity index (χ0n) is 36.7. The SMILES string of the molecule is C1=CC2C(C=C1c1ccc(-c3ccccc3)cc1)c1cc3c4c(c1N2c1ccccc1)CCc1cc2c5cc(-c6ccc(-c7ccccc7)cc6)ccc5n(-c5ccccc5)c2c(c1-4)CC3. The Morgan fingerprint density at radius 2 is 0.924 bits per heavy atom. The fourth-order valence-electron chi connectivity index (χ4n) is 12.1. The number of anilines is 2. The Hall–Kier alpha value is -7.94. The Kier molecular flexibility index (Phi) is 8.40. The molecule has 0 bridgehead atoms. The van der Waals surface area contributed by atoms with Crippen molar-refractivity contribution in [3.05, 3.63) is 252 Å². The van der Waals surface area contributed by atoms with Crippen molar-refractivity contribution in [3.8, 4) is 50.2 Å². The second kappa shape index (κ2) is 14.8. The van der Waals surface area contributed by atoms with E-state index in [0.29, 0.717) is 0 Å². The zero-order chi connectivity index (χ0) is 43.3. The van der Waals surface area contributed by atoms with Gasteiger partial charge in [-0.3, -0.25) is 0 Å². The molecular weight excluding hydrogens is 797 g/mol. The van der Waals surface area contributed by atoms with Crippen LogP contribution in [-0.4, -0.2) is 10.6 Å². The maximum absolute atomic E-state index is 2.69. The second-order valence-electron chi connectivity index (χ2n) is 18.6. The summed E-state index contributed by atoms with van der Waals surface area (Å²) in [5.74, 6) is 0.255. The van der Waals surface area contributed by atoms with Crippen LogP contribution in [0.25, 0.3) is 77.6 Å². The van der Waals surface area contributed by atoms with Gasteiger partial charge in [0.1, 0.15) is 0 Å². The van der Waals surface area contributed by atoms with Crippen LogP contribution in [0.3, 0.4) is 0 Å². The molecule has 66 heavy (non-hydrogen) atoms. The van der Waals surface area contributed by atoms with Gasteiger partial charge in [0.25, 0.3) is 0 Å². The summed E-state index contributed by atoms with van der Waals surface area (Å²) in [6.45, 7) is 0. The Morgan fingerprint density at radius 1 is 0.409 bits per heavy atom. The molecular formula is C64H46N2. The first-order chi connectivity index (χ1) is 32.7. The maximum atomic E-state index is 2.69. The van der Waals surface area contributed by atoms with E-state index in [1.165, 1.54) is 122 Å². The highest BCUT2D eigenvalue weighted by atomic mass is 15.2. The highest BCUT2D eigenvalue weighted by Gasteiger charge is 2.43. The summed E-state index contributed by atoms with van der Waals surface area (Å²) in [6.07, 6.45) is 11.6. The number of benzene rings is 9. The second-order valence-corrected chi connectivity index (χ2v) is 18.6. The Balaban J connectivity index is 0.931. The van der Waals surface area contributed by atoms with Crippen LogP contribution in [0.2, 0.25) is 0 Å². The van der Waals surface area contributed by atoms with Crippen LogP contribution in [0.4, 0.5) is 11.4 Å². The molecule has 0 saturated heterocycles. The predicted molar refractivity (Wildman–Crippen MR) is 276 cm³/mol. The first kappa shape index (κ1) is 37.4. The number of nitrogens with zero attached hydrogens (tertiary/aromatic N) is 2. The minimum Gasteiger partial charge on any atom is -0.333 e. The van der Waals surface area contributed by atoms with Crippen molar-refractivity contribution in [1.29, 1.82) is 0 Å². The molecule has 1 aliphatic heterocycles. The van der Waals surface area contributed by atoms with Crippen LogP contribution < -0.4 is 4.90 Å². The smallest absolute Gasteiger partial charge is 0.0630 e. The number of hydrogen-bond donors (Lipinski definition) is 0. The van der Waals surface area contributed by atoms with Crippen LogP contribution in [0.15, 0.2) is 218 Å². The fraction of sp³-hybridized carbons (Fsp3) is 0.0938. The number of hydrogen-bond acceptors (Lipinski definition) is 1. The summed E-state index contributed by atoms with van der Waals surface area (Å²) >= 11 is 0. The number of para-hydroxylation sites is 2. The first-order valence-corrected chi connectivity index (χ1v) is 23.7. The number of aromatic nitrogens is 1. The van der Waals surface area contributed by atoms with E-state index in [0.717, 1.165) is 25.7 Å². The standard InChI is InChI=1S/C64H46N2/c1-5-13-41(14-6-1)43-21-25-45(26-22-43)47-31-35-59-55(37-47)57-39-49-29-34-54-62-50(30-33-53(61(49)62)63(57)65(59)51-17-9-3-10-18-51)40-58-56-38-48(46-27-23-44(24-28-46)42-15-7-2-8-16-42)32-36-60(56)66(64(54)58)52-19-11-4-12-20-52/h1-28,31-32,35-40,55,59H,29-30,33-34H2. The van der Waals surface area contributed by atoms with Gasteiger partial charge in [0.2, 0.25) is 0 Å². The monoisotopic (exact) mass is 842 g/mol. The van der Waals surface area contributed by atoms with Gasteiger partial charge >= 0.3 is 0 Å². The number of aryl methyl sites for hydroxylation is 3. The van der Waals surface area contributed by atoms with E-state index in [1.54, 1.807) is 0 Å². The predicted octanol–water partition coefficient (Wildman–Crippen LogP) is 15.9. The summed E-state index contributed by atoms with van der Waals surface area (Å²) in [6, 6.07) is 74.4. The van der Waals surface area contributed by atoms with E-state index < -0.39 is 0 Å². The van der Waals surface area contributed by atoms with Gasteiger partial charge in [-0.05, 0) is 152 Å². The molecule has 0 amide bonds. The van der Waals surface area contributed by atoms with E-state index in [4.69, 9.17) is 0 Å². The molecule has 2 atom stereocenters. The minimum absolute atomic E-state index is 0.211. The quantitative estimate of drug-likeness (QED) is 0.162. The molecule has 1 aromatic heterocycles. The lowest BCUT2D eigenvalue weighted by molar-refractivity contribution is 0.746. The van der Waals surface area contributed by atoms with Crippen molar-refractivity contribution >= 4 is 38.8 Å². The zero-order valence-corrected chi connectivity index (χ0v) is 36.7. The van der Waals surface area contributed by atoms with E-state index >= 15 is 0 Å². The number of fused-ring (bicyclic) bond motifs is 8. The van der Waals surface area contributed by atoms with Gasteiger partial charge in [-0.2, -0.15) is 0 Å². The largest absolute Gasteiger partial charge is 0.333 e. The minimum atomic E-state index is 0.211. The lowest BCUT2D eigenvalue weighted by Crippen LogP contribution is -2.29. The van der Waals surface area contributed by atoms with Gasteiger partial charge in [-0.1, -0.05) is 176 Å². The Morgan fingerprint density at radius 3 is 1.58 bits per heavy atom. The van der Waals surface area contributed by atoms with Crippen LogP contribution in [0, 0.1) is 0 Å². The van der Waals surface area contributed by atoms with Gasteiger partial charge in [-0.25, -0.2) is 0 Å². The lowest BCUT2D eigenvalue weighted by atomic mass is 9.72. The van der Waals surface area contributed by atoms with E-state index in [1.807, 2.05) is 0 Å². The number of allylic oxidation sites excluding steroid dienone is 2. The Labute approximate surface area is 386 Å². The topological polar surface area (TPSA) is 8.17 Å². The molecule has 10 aromatic rings. The molecule has 0 spiro atoms. The third-order valence-corrected chi connectivity index (χ3v) is 15.1. The molecule has 0 fully saturated rings. The first-order valence-electron chi connectivity index (χ1n) is 23.7. The summed E-state index contributed by atoms with van der Waals surface area (Å²) in [5.41, 5.74) is 27.2. The molecule has 2 nitrogen and oxygen atoms in total. The van der Waals surface area contributed by atoms with Crippen molar-refractivity contribution in [3.63, 3.8) is 0 Å². The lowest BCUT2D eigenvalue weighted by Gasteiger charge is -2.35. The van der Waals surface area contributed by atoms with Crippen molar-refractivity contribution in [2.24, 2.45) is 0 Å². The van der Waals surface area contributed by atoms with E-state index in [2.05, 4.69) is 228 Å². The average Bonchev–Trinajstić information content (AvgIpc) is 3.91. The third kappa shape index (κ3) is 5.74. The van der Waals surface area contributed by atoms with Gasteiger partial charge < -0.3 is 9.47 Å². The van der Waals surface area contributed by atoms with Gasteiger partial charge in [0, 0.05) is 33.8 Å². The van der Waals surface area contributed by atoms with E-state index in [9.17, 15) is 0 Å². The van der Waals surface area contributed by atoms with Crippen LogP contribution >= 0.6 is 0 Å². The molecule has 9 aromatic carbocycles. The van der Waals surface area contributed by atoms with Crippen LogP contribution in [0.5, 0.6) is 0 Å². The molecule has 0 saturated carbocycles. The molecule has 0 N–H and O–H groups in total. The molecule has 312 valence electrons. The van der Waals surface area contributed by atoms with Crippen molar-refractivity contribution in [2.45, 2.75) is 37.6 Å². The summed E-state index contributed by atoms with van der Waals surface area (Å²) in [5, 5.41) is 2.70. The normalized spacial score (nSPS) is 16.5. The third-order valence-electron chi connectivity index (χ3n) is 15.1. The van der Waals surface area contributed by atoms with Crippen LogP contribution in [0.1, 0.15) is 39.3 Å². The van der Waals surface area contributed by atoms with Gasteiger partial charge in [-0.15, -0.1) is 0 Å². The van der Waals surface area contributed by atoms with Crippen molar-refractivity contribution in [1.82, 2.24) is 4.57 Å². The van der Waals surface area contributed by atoms with Gasteiger partial charge in [0.05, 0.1) is 17.1 Å². The molecule has 2 heterocycles. The Bertz CT molecular complexity index is 3600. The van der Waals surface area contributed by atoms with Crippen molar-refractivity contribution < 1.29 is 0 Å². The maximum Gasteiger partial charge on any atom is 0.0630 e. The van der Waals surface area contributed by atoms with Gasteiger partial charge in [0.15, 0.2) is 0 Å². The molecule has 4 aliphatic rings. The fourth-order valence-corrected chi connectivity index (χ4v) is 12.1. The molecule has 14 rings (SSSR count). The number of rotatable bonds is 6. The summed E-state index contributed by atoms with van der Waals surface area (Å²) in [4.78, 5) is 2.69. The molecule has 2 heteroatoms. The van der Waals surface area contributed by atoms with E-state index in [-0.39, 0.29) is 12.0 Å². The molecule has 2 unspecified atom stereocenters. The highest BCUT2D eigenvalue weighted by Crippen LogP contribution is 2.57. The summed E-state index contributed by atoms with van der Waals surface area (Å²) in [7, 11) is 0. The molecule has 0 radical (unpaired) electrons. The highest BCUT2D eigenvalue weighted by molar-refractivity contribution is 6.14. The van der Waals surface area contributed by atoms with Crippen molar-refractivity contribution in [2.75, 3.05) is 4.90 Å².